The lowest BCUT2D eigenvalue weighted by molar-refractivity contribution is -0.127. The van der Waals surface area contributed by atoms with E-state index in [1.54, 1.807) is 6.92 Å². The monoisotopic (exact) mass is 196 g/mol. The summed E-state index contributed by atoms with van der Waals surface area (Å²) in [5.41, 5.74) is 6.21. The van der Waals surface area contributed by atoms with Gasteiger partial charge in [0, 0.05) is 26.1 Å². The molecule has 0 spiro atoms. The van der Waals surface area contributed by atoms with E-state index in [9.17, 15) is 4.79 Å². The zero-order valence-electron chi connectivity index (χ0n) is 8.91. The topological polar surface area (TPSA) is 46.3 Å². The molecule has 2 aliphatic rings. The summed E-state index contributed by atoms with van der Waals surface area (Å²) in [6.07, 6.45) is 5.06. The van der Waals surface area contributed by atoms with Gasteiger partial charge in [-0.05, 0) is 31.1 Å². The highest BCUT2D eigenvalue weighted by Gasteiger charge is 2.35. The first-order chi connectivity index (χ1) is 6.68. The molecule has 1 saturated heterocycles. The van der Waals surface area contributed by atoms with Gasteiger partial charge >= 0.3 is 0 Å². The Morgan fingerprint density at radius 3 is 2.50 bits per heavy atom. The summed E-state index contributed by atoms with van der Waals surface area (Å²) in [4.78, 5) is 13.1. The molecule has 2 N–H and O–H groups in total. The van der Waals surface area contributed by atoms with Crippen molar-refractivity contribution >= 4 is 5.91 Å². The lowest BCUT2D eigenvalue weighted by atomic mass is 9.75. The SMILES string of the molecule is CC(=O)N1CCC(C(N)C2CCC2)C1. The maximum Gasteiger partial charge on any atom is 0.219 e. The van der Waals surface area contributed by atoms with Crippen molar-refractivity contribution in [3.63, 3.8) is 0 Å². The van der Waals surface area contributed by atoms with Gasteiger partial charge in [-0.3, -0.25) is 4.79 Å². The minimum atomic E-state index is 0.202. The van der Waals surface area contributed by atoms with Crippen LogP contribution in [-0.2, 0) is 4.79 Å². The molecule has 0 aromatic carbocycles. The van der Waals surface area contributed by atoms with Crippen molar-refractivity contribution in [2.24, 2.45) is 17.6 Å². The van der Waals surface area contributed by atoms with Gasteiger partial charge in [0.2, 0.25) is 5.91 Å². The lowest BCUT2D eigenvalue weighted by Crippen LogP contribution is -2.42. The lowest BCUT2D eigenvalue weighted by Gasteiger charge is -2.34. The molecule has 0 aromatic rings. The summed E-state index contributed by atoms with van der Waals surface area (Å²) < 4.78 is 0. The third-order valence-electron chi connectivity index (χ3n) is 3.91. The number of hydrogen-bond acceptors (Lipinski definition) is 2. The summed E-state index contributed by atoms with van der Waals surface area (Å²) in [5, 5.41) is 0. The Bertz CT molecular complexity index is 225. The fraction of sp³-hybridized carbons (Fsp3) is 0.909. The molecular formula is C11H20N2O. The molecular weight excluding hydrogens is 176 g/mol. The van der Waals surface area contributed by atoms with Gasteiger partial charge < -0.3 is 10.6 Å². The zero-order valence-corrected chi connectivity index (χ0v) is 8.91. The number of carbonyl (C=O) groups is 1. The average molecular weight is 196 g/mol. The van der Waals surface area contributed by atoms with Gasteiger partial charge in [0.05, 0.1) is 0 Å². The van der Waals surface area contributed by atoms with Crippen molar-refractivity contribution in [3.8, 4) is 0 Å². The van der Waals surface area contributed by atoms with Gasteiger partial charge in [0.1, 0.15) is 0 Å². The van der Waals surface area contributed by atoms with E-state index < -0.39 is 0 Å². The maximum absolute atomic E-state index is 11.2. The van der Waals surface area contributed by atoms with Crippen LogP contribution in [-0.4, -0.2) is 29.9 Å². The predicted octanol–water partition coefficient (Wildman–Crippen LogP) is 0.982. The Balaban J connectivity index is 1.84. The number of likely N-dealkylation sites (tertiary alicyclic amines) is 1. The van der Waals surface area contributed by atoms with Gasteiger partial charge in [0.15, 0.2) is 0 Å². The molecule has 1 saturated carbocycles. The predicted molar refractivity (Wildman–Crippen MR) is 55.7 cm³/mol. The van der Waals surface area contributed by atoms with Crippen LogP contribution >= 0.6 is 0 Å². The second-order valence-corrected chi connectivity index (χ2v) is 4.78. The van der Waals surface area contributed by atoms with Crippen LogP contribution in [0.1, 0.15) is 32.6 Å². The van der Waals surface area contributed by atoms with E-state index in [0.29, 0.717) is 12.0 Å². The quantitative estimate of drug-likeness (QED) is 0.715. The number of hydrogen-bond donors (Lipinski definition) is 1. The molecule has 14 heavy (non-hydrogen) atoms. The number of rotatable bonds is 2. The van der Waals surface area contributed by atoms with Crippen molar-refractivity contribution in [2.45, 2.75) is 38.6 Å². The highest BCUT2D eigenvalue weighted by Crippen LogP contribution is 2.34. The molecule has 2 unspecified atom stereocenters. The fourth-order valence-corrected chi connectivity index (χ4v) is 2.60. The molecule has 0 aromatic heterocycles. The molecule has 1 amide bonds. The first kappa shape index (κ1) is 9.97. The molecule has 2 atom stereocenters. The van der Waals surface area contributed by atoms with E-state index in [-0.39, 0.29) is 5.91 Å². The molecule has 1 aliphatic heterocycles. The van der Waals surface area contributed by atoms with Crippen LogP contribution in [0.15, 0.2) is 0 Å². The highest BCUT2D eigenvalue weighted by molar-refractivity contribution is 5.73. The van der Waals surface area contributed by atoms with Crippen molar-refractivity contribution in [2.75, 3.05) is 13.1 Å². The van der Waals surface area contributed by atoms with E-state index in [0.717, 1.165) is 25.4 Å². The third-order valence-corrected chi connectivity index (χ3v) is 3.91. The second-order valence-electron chi connectivity index (χ2n) is 4.78. The molecule has 2 rings (SSSR count). The number of nitrogens with two attached hydrogens (primary N) is 1. The molecule has 80 valence electrons. The van der Waals surface area contributed by atoms with Crippen LogP contribution in [0.5, 0.6) is 0 Å². The van der Waals surface area contributed by atoms with Crippen LogP contribution < -0.4 is 5.73 Å². The first-order valence-corrected chi connectivity index (χ1v) is 5.69. The van der Waals surface area contributed by atoms with Crippen molar-refractivity contribution in [1.29, 1.82) is 0 Å². The summed E-state index contributed by atoms with van der Waals surface area (Å²) in [6.45, 7) is 3.46. The van der Waals surface area contributed by atoms with Gasteiger partial charge in [-0.2, -0.15) is 0 Å². The largest absolute Gasteiger partial charge is 0.343 e. The molecule has 1 heterocycles. The van der Waals surface area contributed by atoms with E-state index in [4.69, 9.17) is 5.73 Å². The fourth-order valence-electron chi connectivity index (χ4n) is 2.60. The standard InChI is InChI=1S/C11H20N2O/c1-8(14)13-6-5-10(7-13)11(12)9-3-2-4-9/h9-11H,2-7,12H2,1H3. The highest BCUT2D eigenvalue weighted by atomic mass is 16.2. The summed E-state index contributed by atoms with van der Waals surface area (Å²) in [5.74, 6) is 1.50. The van der Waals surface area contributed by atoms with E-state index in [1.165, 1.54) is 19.3 Å². The number of amides is 1. The van der Waals surface area contributed by atoms with Crippen LogP contribution in [0.3, 0.4) is 0 Å². The smallest absolute Gasteiger partial charge is 0.219 e. The molecule has 2 fully saturated rings. The molecule has 0 radical (unpaired) electrons. The Morgan fingerprint density at radius 1 is 1.36 bits per heavy atom. The third kappa shape index (κ3) is 1.78. The molecule has 0 bridgehead atoms. The summed E-state index contributed by atoms with van der Waals surface area (Å²) in [6, 6.07) is 0.341. The Kier molecular flexibility index (Phi) is 2.77. The van der Waals surface area contributed by atoms with Crippen LogP contribution in [0.25, 0.3) is 0 Å². The average Bonchev–Trinajstić information content (AvgIpc) is 2.48. The second kappa shape index (κ2) is 3.89. The van der Waals surface area contributed by atoms with Crippen molar-refractivity contribution < 1.29 is 4.79 Å². The van der Waals surface area contributed by atoms with Gasteiger partial charge in [-0.1, -0.05) is 6.42 Å². The van der Waals surface area contributed by atoms with Crippen LogP contribution in [0.4, 0.5) is 0 Å². The number of nitrogens with zero attached hydrogens (tertiary/aromatic N) is 1. The normalized spacial score (nSPS) is 30.1. The van der Waals surface area contributed by atoms with Crippen molar-refractivity contribution in [1.82, 2.24) is 4.90 Å². The minimum Gasteiger partial charge on any atom is -0.343 e. The van der Waals surface area contributed by atoms with Gasteiger partial charge in [-0.25, -0.2) is 0 Å². The Labute approximate surface area is 85.6 Å². The zero-order chi connectivity index (χ0) is 10.1. The Hall–Kier alpha value is -0.570. The Morgan fingerprint density at radius 2 is 2.07 bits per heavy atom. The first-order valence-electron chi connectivity index (χ1n) is 5.69. The molecule has 3 heteroatoms. The number of carbonyl (C=O) groups excluding carboxylic acids is 1. The van der Waals surface area contributed by atoms with Crippen LogP contribution in [0, 0.1) is 11.8 Å². The summed E-state index contributed by atoms with van der Waals surface area (Å²) >= 11 is 0. The molecule has 1 aliphatic carbocycles. The van der Waals surface area contributed by atoms with Crippen molar-refractivity contribution in [3.05, 3.63) is 0 Å². The van der Waals surface area contributed by atoms with E-state index in [2.05, 4.69) is 0 Å². The van der Waals surface area contributed by atoms with Crippen LogP contribution in [0.2, 0.25) is 0 Å². The van der Waals surface area contributed by atoms with E-state index >= 15 is 0 Å². The molecule has 3 nitrogen and oxygen atoms in total. The van der Waals surface area contributed by atoms with E-state index in [1.807, 2.05) is 4.90 Å². The summed E-state index contributed by atoms with van der Waals surface area (Å²) in [7, 11) is 0. The van der Waals surface area contributed by atoms with Gasteiger partial charge in [0.25, 0.3) is 0 Å². The van der Waals surface area contributed by atoms with Gasteiger partial charge in [-0.15, -0.1) is 0 Å². The minimum absolute atomic E-state index is 0.202. The maximum atomic E-state index is 11.2.